The average Bonchev–Trinajstić information content (AvgIpc) is 1.99. The van der Waals surface area contributed by atoms with Crippen LogP contribution in [0.2, 0.25) is 0 Å². The molecule has 1 aromatic carbocycles. The van der Waals surface area contributed by atoms with E-state index in [1.165, 1.54) is 0 Å². The molecule has 0 aliphatic carbocycles. The summed E-state index contributed by atoms with van der Waals surface area (Å²) < 4.78 is 13.9. The summed E-state index contributed by atoms with van der Waals surface area (Å²) >= 11 is 9.51. The van der Waals surface area contributed by atoms with Gasteiger partial charge in [-0.15, -0.1) is 0 Å². The lowest BCUT2D eigenvalue weighted by Crippen LogP contribution is -1.84. The van der Waals surface area contributed by atoms with Crippen LogP contribution in [0.25, 0.3) is 0 Å². The first-order valence-corrected chi connectivity index (χ1v) is 5.55. The molecule has 0 aromatic heterocycles. The van der Waals surface area contributed by atoms with Crippen LogP contribution in [0, 0.1) is 5.82 Å². The summed E-state index contributed by atoms with van der Waals surface area (Å²) in [6.07, 6.45) is 0. The molecule has 0 N–H and O–H groups in total. The van der Waals surface area contributed by atoms with Gasteiger partial charge in [0.1, 0.15) is 0 Å². The molecule has 60 valence electrons. The minimum Gasteiger partial charge on any atom is -0.205 e. The zero-order valence-electron chi connectivity index (χ0n) is 5.37. The van der Waals surface area contributed by atoms with Crippen LogP contribution in [0.3, 0.4) is 0 Å². The van der Waals surface area contributed by atoms with Gasteiger partial charge in [0.25, 0.3) is 0 Å². The normalized spacial score (nSPS) is 10.2. The van der Waals surface area contributed by atoms with Crippen LogP contribution in [0.4, 0.5) is 4.39 Å². The van der Waals surface area contributed by atoms with E-state index in [0.717, 1.165) is 10.9 Å². The van der Waals surface area contributed by atoms with Gasteiger partial charge in [-0.1, -0.05) is 15.9 Å². The Balaban J connectivity index is 3.21. The summed E-state index contributed by atoms with van der Waals surface area (Å²) in [6.45, 7) is 0. The molecule has 0 aliphatic heterocycles. The van der Waals surface area contributed by atoms with Crippen LogP contribution in [-0.4, -0.2) is 0 Å². The third-order valence-corrected chi connectivity index (χ3v) is 3.00. The quantitative estimate of drug-likeness (QED) is 0.527. The fourth-order valence-corrected chi connectivity index (χ4v) is 2.29. The van der Waals surface area contributed by atoms with Gasteiger partial charge in [0, 0.05) is 5.33 Å². The van der Waals surface area contributed by atoms with Crippen molar-refractivity contribution in [2.45, 2.75) is 5.33 Å². The van der Waals surface area contributed by atoms with Gasteiger partial charge >= 0.3 is 0 Å². The molecule has 0 spiro atoms. The van der Waals surface area contributed by atoms with Gasteiger partial charge in [0.15, 0.2) is 5.82 Å². The first kappa shape index (κ1) is 9.68. The number of benzene rings is 1. The summed E-state index contributed by atoms with van der Waals surface area (Å²) in [5, 5.41) is 0.727. The Kier molecular flexibility index (Phi) is 3.52. The van der Waals surface area contributed by atoms with E-state index in [0.29, 0.717) is 8.95 Å². The molecule has 0 atom stereocenters. The van der Waals surface area contributed by atoms with E-state index in [4.69, 9.17) is 0 Å². The van der Waals surface area contributed by atoms with E-state index in [9.17, 15) is 4.39 Å². The fourth-order valence-electron chi connectivity index (χ4n) is 0.685. The molecular formula is C7H4Br3F. The standard InChI is InChI=1S/C7H4Br3F/c8-3-4-1-5(9)7(11)6(10)2-4/h1-2H,3H2. The summed E-state index contributed by atoms with van der Waals surface area (Å²) in [7, 11) is 0. The van der Waals surface area contributed by atoms with E-state index >= 15 is 0 Å². The lowest BCUT2D eigenvalue weighted by Gasteiger charge is -2.00. The molecule has 4 heteroatoms. The summed E-state index contributed by atoms with van der Waals surface area (Å²) in [4.78, 5) is 0. The monoisotopic (exact) mass is 344 g/mol. The number of rotatable bonds is 1. The molecule has 1 aromatic rings. The second kappa shape index (κ2) is 4.01. The lowest BCUT2D eigenvalue weighted by atomic mass is 10.2. The third-order valence-electron chi connectivity index (χ3n) is 1.20. The Bertz CT molecular complexity index is 249. The number of alkyl halides is 1. The maximum Gasteiger partial charge on any atom is 0.151 e. The number of hydrogen-bond acceptors (Lipinski definition) is 0. The smallest absolute Gasteiger partial charge is 0.151 e. The molecule has 0 fully saturated rings. The number of hydrogen-bond donors (Lipinski definition) is 0. The van der Waals surface area contributed by atoms with Crippen LogP contribution in [0.1, 0.15) is 5.56 Å². The molecule has 1 rings (SSSR count). The largest absolute Gasteiger partial charge is 0.205 e. The molecule has 0 heterocycles. The van der Waals surface area contributed by atoms with Crippen molar-refractivity contribution in [1.29, 1.82) is 0 Å². The Morgan fingerprint density at radius 2 is 1.64 bits per heavy atom. The van der Waals surface area contributed by atoms with Gasteiger partial charge in [-0.05, 0) is 49.6 Å². The molecule has 0 radical (unpaired) electrons. The molecular weight excluding hydrogens is 343 g/mol. The molecule has 0 nitrogen and oxygen atoms in total. The second-order valence-electron chi connectivity index (χ2n) is 2.01. The molecule has 0 bridgehead atoms. The Hall–Kier alpha value is 0.590. The summed E-state index contributed by atoms with van der Waals surface area (Å²) in [5.74, 6) is -0.255. The Labute approximate surface area is 89.6 Å². The predicted octanol–water partition coefficient (Wildman–Crippen LogP) is 4.25. The van der Waals surface area contributed by atoms with Crippen LogP contribution in [0.15, 0.2) is 21.1 Å². The van der Waals surface area contributed by atoms with Crippen molar-refractivity contribution in [1.82, 2.24) is 0 Å². The molecule has 11 heavy (non-hydrogen) atoms. The third kappa shape index (κ3) is 2.26. The van der Waals surface area contributed by atoms with Crippen molar-refractivity contribution in [2.24, 2.45) is 0 Å². The van der Waals surface area contributed by atoms with E-state index < -0.39 is 0 Å². The van der Waals surface area contributed by atoms with Gasteiger partial charge in [0.2, 0.25) is 0 Å². The van der Waals surface area contributed by atoms with Crippen molar-refractivity contribution in [3.05, 3.63) is 32.5 Å². The van der Waals surface area contributed by atoms with Gasteiger partial charge in [-0.2, -0.15) is 0 Å². The highest BCUT2D eigenvalue weighted by Gasteiger charge is 2.05. The first-order chi connectivity index (χ1) is 5.15. The van der Waals surface area contributed by atoms with E-state index in [2.05, 4.69) is 47.8 Å². The highest BCUT2D eigenvalue weighted by Crippen LogP contribution is 2.26. The zero-order valence-corrected chi connectivity index (χ0v) is 10.1. The minimum atomic E-state index is -0.255. The average molecular weight is 347 g/mol. The van der Waals surface area contributed by atoms with Crippen LogP contribution in [-0.2, 0) is 5.33 Å². The second-order valence-corrected chi connectivity index (χ2v) is 4.28. The van der Waals surface area contributed by atoms with Crippen molar-refractivity contribution < 1.29 is 4.39 Å². The molecule has 0 unspecified atom stereocenters. The SMILES string of the molecule is Fc1c(Br)cc(CBr)cc1Br. The van der Waals surface area contributed by atoms with Gasteiger partial charge in [0.05, 0.1) is 8.95 Å². The fraction of sp³-hybridized carbons (Fsp3) is 0.143. The molecule has 0 aliphatic rings. The van der Waals surface area contributed by atoms with E-state index in [-0.39, 0.29) is 5.82 Å². The predicted molar refractivity (Wildman–Crippen MR) is 54.4 cm³/mol. The number of halogens is 4. The maximum atomic E-state index is 12.9. The van der Waals surface area contributed by atoms with Gasteiger partial charge < -0.3 is 0 Å². The van der Waals surface area contributed by atoms with Crippen molar-refractivity contribution in [3.8, 4) is 0 Å². The van der Waals surface area contributed by atoms with Crippen molar-refractivity contribution in [2.75, 3.05) is 0 Å². The highest BCUT2D eigenvalue weighted by atomic mass is 79.9. The molecule has 0 saturated heterocycles. The van der Waals surface area contributed by atoms with E-state index in [1.54, 1.807) is 12.1 Å². The zero-order chi connectivity index (χ0) is 8.43. The summed E-state index contributed by atoms with van der Waals surface area (Å²) in [6, 6.07) is 3.49. The summed E-state index contributed by atoms with van der Waals surface area (Å²) in [5.41, 5.74) is 1.03. The maximum absolute atomic E-state index is 12.9. The van der Waals surface area contributed by atoms with Gasteiger partial charge in [-0.3, -0.25) is 0 Å². The molecule has 0 amide bonds. The van der Waals surface area contributed by atoms with Gasteiger partial charge in [-0.25, -0.2) is 4.39 Å². The van der Waals surface area contributed by atoms with Crippen LogP contribution >= 0.6 is 47.8 Å². The van der Waals surface area contributed by atoms with E-state index in [1.807, 2.05) is 0 Å². The molecule has 0 saturated carbocycles. The Morgan fingerprint density at radius 3 is 2.00 bits per heavy atom. The van der Waals surface area contributed by atoms with Crippen molar-refractivity contribution >= 4 is 47.8 Å². The minimum absolute atomic E-state index is 0.255. The topological polar surface area (TPSA) is 0 Å². The first-order valence-electron chi connectivity index (χ1n) is 2.84. The lowest BCUT2D eigenvalue weighted by molar-refractivity contribution is 0.614. The Morgan fingerprint density at radius 1 is 1.18 bits per heavy atom. The highest BCUT2D eigenvalue weighted by molar-refractivity contribution is 9.11. The van der Waals surface area contributed by atoms with Crippen LogP contribution in [0.5, 0.6) is 0 Å². The van der Waals surface area contributed by atoms with Crippen LogP contribution < -0.4 is 0 Å². The van der Waals surface area contributed by atoms with Crippen molar-refractivity contribution in [3.63, 3.8) is 0 Å².